The summed E-state index contributed by atoms with van der Waals surface area (Å²) in [5.74, 6) is 0.745. The fourth-order valence-corrected chi connectivity index (χ4v) is 2.20. The highest BCUT2D eigenvalue weighted by Gasteiger charge is 2.01. The van der Waals surface area contributed by atoms with E-state index < -0.39 is 0 Å². The Morgan fingerprint density at radius 2 is 2.25 bits per heavy atom. The molecule has 6 nitrogen and oxygen atoms in total. The van der Waals surface area contributed by atoms with Gasteiger partial charge in [-0.05, 0) is 6.92 Å². The lowest BCUT2D eigenvalue weighted by Gasteiger charge is -2.09. The highest BCUT2D eigenvalue weighted by Crippen LogP contribution is 2.07. The number of hydrogen-bond donors (Lipinski definition) is 2. The van der Waals surface area contributed by atoms with Crippen LogP contribution in [-0.2, 0) is 13.0 Å². The van der Waals surface area contributed by atoms with Crippen LogP contribution in [0, 0.1) is 6.92 Å². The molecular weight excluding hydrogens is 389 g/mol. The fraction of sp³-hybridized carbons (Fsp3) is 0.417. The predicted molar refractivity (Wildman–Crippen MR) is 90.7 cm³/mol. The molecule has 0 saturated carbocycles. The summed E-state index contributed by atoms with van der Waals surface area (Å²) in [5, 5.41) is 13.4. The molecule has 0 unspecified atom stereocenters. The Labute approximate surface area is 139 Å². The van der Waals surface area contributed by atoms with Crippen LogP contribution < -0.4 is 10.6 Å². The Hall–Kier alpha value is -1.16. The van der Waals surface area contributed by atoms with Crippen molar-refractivity contribution in [1.82, 2.24) is 20.8 Å². The van der Waals surface area contributed by atoms with Crippen molar-refractivity contribution >= 4 is 41.3 Å². The minimum absolute atomic E-state index is 0. The van der Waals surface area contributed by atoms with E-state index in [1.807, 2.05) is 13.0 Å². The molecule has 0 aliphatic carbocycles. The van der Waals surface area contributed by atoms with Gasteiger partial charge in [0.05, 0.1) is 17.2 Å². The van der Waals surface area contributed by atoms with Gasteiger partial charge in [0.2, 0.25) is 0 Å². The van der Waals surface area contributed by atoms with Crippen molar-refractivity contribution in [3.8, 4) is 0 Å². The maximum atomic E-state index is 4.76. The van der Waals surface area contributed by atoms with Gasteiger partial charge >= 0.3 is 0 Å². The summed E-state index contributed by atoms with van der Waals surface area (Å²) in [6, 6.07) is 1.82. The number of aryl methyl sites for hydroxylation is 1. The summed E-state index contributed by atoms with van der Waals surface area (Å²) in [6.45, 7) is 3.40. The van der Waals surface area contributed by atoms with E-state index in [0.29, 0.717) is 6.54 Å². The standard InChI is InChI=1S/C12H17N5OS.HI/c1-9-16-11(8-19-9)3-5-14-12(13-2)15-7-10-4-6-18-17-10;/h4,6,8H,3,5,7H2,1-2H3,(H2,13,14,15);1H. The third-order valence-corrected chi connectivity index (χ3v) is 3.31. The molecule has 0 spiro atoms. The highest BCUT2D eigenvalue weighted by molar-refractivity contribution is 14.0. The molecule has 2 N–H and O–H groups in total. The van der Waals surface area contributed by atoms with Crippen molar-refractivity contribution in [3.05, 3.63) is 34.1 Å². The summed E-state index contributed by atoms with van der Waals surface area (Å²) in [4.78, 5) is 8.56. The summed E-state index contributed by atoms with van der Waals surface area (Å²) in [5.41, 5.74) is 1.96. The minimum Gasteiger partial charge on any atom is -0.364 e. The molecule has 2 aromatic rings. The van der Waals surface area contributed by atoms with Gasteiger partial charge in [0, 0.05) is 31.5 Å². The molecule has 0 bridgehead atoms. The second-order valence-electron chi connectivity index (χ2n) is 3.95. The normalized spacial score (nSPS) is 11.0. The summed E-state index contributed by atoms with van der Waals surface area (Å²) in [7, 11) is 1.74. The van der Waals surface area contributed by atoms with Crippen LogP contribution in [0.25, 0.3) is 0 Å². The van der Waals surface area contributed by atoms with Gasteiger partial charge in [0.15, 0.2) is 5.96 Å². The zero-order valence-corrected chi connectivity index (χ0v) is 14.6. The molecule has 8 heteroatoms. The molecule has 20 heavy (non-hydrogen) atoms. The van der Waals surface area contributed by atoms with E-state index in [1.165, 1.54) is 0 Å². The number of halogens is 1. The number of aromatic nitrogens is 2. The van der Waals surface area contributed by atoms with Gasteiger partial charge in [-0.25, -0.2) is 4.98 Å². The van der Waals surface area contributed by atoms with Crippen LogP contribution in [0.1, 0.15) is 16.4 Å². The van der Waals surface area contributed by atoms with Gasteiger partial charge in [-0.3, -0.25) is 4.99 Å². The molecule has 0 saturated heterocycles. The van der Waals surface area contributed by atoms with E-state index >= 15 is 0 Å². The lowest BCUT2D eigenvalue weighted by atomic mass is 10.3. The number of rotatable bonds is 5. The first-order valence-corrected chi connectivity index (χ1v) is 6.90. The molecule has 0 aliphatic heterocycles. The van der Waals surface area contributed by atoms with Crippen molar-refractivity contribution in [2.45, 2.75) is 19.9 Å². The molecule has 0 amide bonds. The van der Waals surface area contributed by atoms with E-state index in [4.69, 9.17) is 4.52 Å². The average Bonchev–Trinajstić information content (AvgIpc) is 3.05. The molecule has 2 rings (SSSR count). The highest BCUT2D eigenvalue weighted by atomic mass is 127. The maximum Gasteiger partial charge on any atom is 0.191 e. The first-order chi connectivity index (χ1) is 9.28. The zero-order valence-electron chi connectivity index (χ0n) is 11.4. The molecule has 0 atom stereocenters. The molecular formula is C12H18IN5OS. The van der Waals surface area contributed by atoms with Gasteiger partial charge in [-0.1, -0.05) is 5.16 Å². The number of nitrogens with one attached hydrogen (secondary N) is 2. The Morgan fingerprint density at radius 1 is 1.40 bits per heavy atom. The monoisotopic (exact) mass is 407 g/mol. The predicted octanol–water partition coefficient (Wildman–Crippen LogP) is 1.97. The van der Waals surface area contributed by atoms with Gasteiger partial charge in [0.25, 0.3) is 0 Å². The number of thiazole rings is 1. The average molecular weight is 407 g/mol. The Kier molecular flexibility index (Phi) is 7.52. The molecule has 0 aliphatic rings. The van der Waals surface area contributed by atoms with Crippen LogP contribution in [0.5, 0.6) is 0 Å². The number of aliphatic imine (C=N–C) groups is 1. The zero-order chi connectivity index (χ0) is 13.5. The first-order valence-electron chi connectivity index (χ1n) is 6.02. The van der Waals surface area contributed by atoms with Crippen LogP contribution in [0.15, 0.2) is 27.2 Å². The molecule has 0 aromatic carbocycles. The molecule has 0 fully saturated rings. The van der Waals surface area contributed by atoms with Crippen LogP contribution >= 0.6 is 35.3 Å². The maximum absolute atomic E-state index is 4.76. The van der Waals surface area contributed by atoms with Gasteiger partial charge in [-0.15, -0.1) is 35.3 Å². The van der Waals surface area contributed by atoms with E-state index in [1.54, 1.807) is 24.6 Å². The molecule has 2 heterocycles. The number of nitrogens with zero attached hydrogens (tertiary/aromatic N) is 3. The van der Waals surface area contributed by atoms with E-state index in [2.05, 4.69) is 31.1 Å². The second kappa shape index (κ2) is 8.90. The Bertz CT molecular complexity index is 526. The SMILES string of the molecule is CN=C(NCCc1csc(C)n1)NCc1ccon1.I. The van der Waals surface area contributed by atoms with Crippen molar-refractivity contribution in [2.75, 3.05) is 13.6 Å². The molecule has 2 aromatic heterocycles. The second-order valence-corrected chi connectivity index (χ2v) is 5.01. The smallest absolute Gasteiger partial charge is 0.191 e. The number of hydrogen-bond acceptors (Lipinski definition) is 5. The van der Waals surface area contributed by atoms with Crippen molar-refractivity contribution in [2.24, 2.45) is 4.99 Å². The van der Waals surface area contributed by atoms with Crippen LogP contribution in [0.3, 0.4) is 0 Å². The number of guanidine groups is 1. The Balaban J connectivity index is 0.00000200. The third-order valence-electron chi connectivity index (χ3n) is 2.49. The third kappa shape index (κ3) is 5.45. The summed E-state index contributed by atoms with van der Waals surface area (Å²) < 4.78 is 4.76. The molecule has 110 valence electrons. The van der Waals surface area contributed by atoms with Crippen molar-refractivity contribution in [1.29, 1.82) is 0 Å². The fourth-order valence-electron chi connectivity index (χ4n) is 1.56. The van der Waals surface area contributed by atoms with Crippen molar-refractivity contribution in [3.63, 3.8) is 0 Å². The van der Waals surface area contributed by atoms with E-state index in [-0.39, 0.29) is 24.0 Å². The van der Waals surface area contributed by atoms with Crippen LogP contribution in [0.2, 0.25) is 0 Å². The Morgan fingerprint density at radius 3 is 2.85 bits per heavy atom. The summed E-state index contributed by atoms with van der Waals surface area (Å²) in [6.07, 6.45) is 2.44. The van der Waals surface area contributed by atoms with Gasteiger partial charge < -0.3 is 15.2 Å². The van der Waals surface area contributed by atoms with E-state index in [9.17, 15) is 0 Å². The lowest BCUT2D eigenvalue weighted by molar-refractivity contribution is 0.410. The lowest BCUT2D eigenvalue weighted by Crippen LogP contribution is -2.37. The van der Waals surface area contributed by atoms with Crippen LogP contribution in [0.4, 0.5) is 0 Å². The molecule has 0 radical (unpaired) electrons. The largest absolute Gasteiger partial charge is 0.364 e. The van der Waals surface area contributed by atoms with Crippen LogP contribution in [-0.4, -0.2) is 29.7 Å². The van der Waals surface area contributed by atoms with E-state index in [0.717, 1.165) is 35.3 Å². The quantitative estimate of drug-likeness (QED) is 0.451. The summed E-state index contributed by atoms with van der Waals surface area (Å²) >= 11 is 1.67. The van der Waals surface area contributed by atoms with Gasteiger partial charge in [-0.2, -0.15) is 0 Å². The van der Waals surface area contributed by atoms with Crippen molar-refractivity contribution < 1.29 is 4.52 Å². The minimum atomic E-state index is 0. The topological polar surface area (TPSA) is 75.3 Å². The van der Waals surface area contributed by atoms with Gasteiger partial charge in [0.1, 0.15) is 12.0 Å². The first kappa shape index (κ1) is 16.9.